The Balaban J connectivity index is 1.98. The second-order valence-electron chi connectivity index (χ2n) is 6.04. The van der Waals surface area contributed by atoms with Gasteiger partial charge in [-0.2, -0.15) is 5.10 Å². The van der Waals surface area contributed by atoms with Gasteiger partial charge in [0.25, 0.3) is 0 Å². The Hall–Kier alpha value is -2.15. The van der Waals surface area contributed by atoms with Crippen molar-refractivity contribution in [2.75, 3.05) is 6.61 Å². The summed E-state index contributed by atoms with van der Waals surface area (Å²) in [6.45, 7) is 4.31. The van der Waals surface area contributed by atoms with Crippen LogP contribution in [0.5, 0.6) is 0 Å². The van der Waals surface area contributed by atoms with Gasteiger partial charge >= 0.3 is 5.97 Å². The third-order valence-corrected chi connectivity index (χ3v) is 4.82. The zero-order chi connectivity index (χ0) is 18.5. The molecule has 0 aliphatic heterocycles. The molecule has 0 aliphatic rings. The van der Waals surface area contributed by atoms with Crippen LogP contribution in [0, 0.1) is 10.5 Å². The van der Waals surface area contributed by atoms with E-state index in [4.69, 9.17) is 9.84 Å². The molecule has 0 atom stereocenters. The maximum absolute atomic E-state index is 11.8. The van der Waals surface area contributed by atoms with Crippen LogP contribution in [0.1, 0.15) is 24.6 Å². The number of halogens is 1. The summed E-state index contributed by atoms with van der Waals surface area (Å²) < 4.78 is 8.17. The van der Waals surface area contributed by atoms with E-state index in [2.05, 4.69) is 59.8 Å². The number of esters is 1. The van der Waals surface area contributed by atoms with Gasteiger partial charge in [0, 0.05) is 21.8 Å². The third kappa shape index (κ3) is 4.33. The number of benzene rings is 2. The quantitative estimate of drug-likeness (QED) is 0.387. The molecule has 26 heavy (non-hydrogen) atoms. The lowest BCUT2D eigenvalue weighted by Crippen LogP contribution is -2.06. The summed E-state index contributed by atoms with van der Waals surface area (Å²) in [5.41, 5.74) is 5.26. The summed E-state index contributed by atoms with van der Waals surface area (Å²) in [4.78, 5) is 11.8. The van der Waals surface area contributed by atoms with Crippen LogP contribution < -0.4 is 0 Å². The molecule has 0 unspecified atom stereocenters. The molecule has 4 nitrogen and oxygen atoms in total. The first-order chi connectivity index (χ1) is 12.6. The van der Waals surface area contributed by atoms with Crippen molar-refractivity contribution >= 4 is 28.6 Å². The highest BCUT2D eigenvalue weighted by Gasteiger charge is 2.15. The van der Waals surface area contributed by atoms with Crippen molar-refractivity contribution in [3.05, 3.63) is 69.6 Å². The van der Waals surface area contributed by atoms with Crippen molar-refractivity contribution in [1.29, 1.82) is 0 Å². The van der Waals surface area contributed by atoms with Crippen LogP contribution >= 0.6 is 22.6 Å². The number of hydrogen-bond donors (Lipinski definition) is 0. The highest BCUT2D eigenvalue weighted by atomic mass is 127. The van der Waals surface area contributed by atoms with Gasteiger partial charge in [-0.3, -0.25) is 4.79 Å². The summed E-state index contributed by atoms with van der Waals surface area (Å²) in [6.07, 6.45) is 2.93. The summed E-state index contributed by atoms with van der Waals surface area (Å²) in [6, 6.07) is 16.4. The molecule has 3 rings (SSSR count). The van der Waals surface area contributed by atoms with Gasteiger partial charge in [-0.25, -0.2) is 4.68 Å². The number of ether oxygens (including phenoxy) is 1. The number of hydrogen-bond acceptors (Lipinski definition) is 3. The van der Waals surface area contributed by atoms with Crippen molar-refractivity contribution in [2.45, 2.75) is 26.7 Å². The standard InChI is InChI=1S/C21H21IN2O2/c1-3-26-21(25)12-10-19-18(16-7-5-4-6-8-16)14-24(23-19)20-11-9-17(22)13-15(20)2/h4-9,11,13-14H,3,10,12H2,1-2H3. The molecule has 0 N–H and O–H groups in total. The fourth-order valence-corrected chi connectivity index (χ4v) is 3.55. The molecule has 0 amide bonds. The van der Waals surface area contributed by atoms with Crippen molar-refractivity contribution < 1.29 is 9.53 Å². The average Bonchev–Trinajstić information content (AvgIpc) is 3.05. The minimum Gasteiger partial charge on any atom is -0.466 e. The van der Waals surface area contributed by atoms with E-state index in [1.165, 1.54) is 3.57 Å². The minimum atomic E-state index is -0.188. The Morgan fingerprint density at radius 3 is 2.65 bits per heavy atom. The van der Waals surface area contributed by atoms with E-state index in [0.717, 1.165) is 28.1 Å². The molecule has 1 heterocycles. The maximum Gasteiger partial charge on any atom is 0.306 e. The Bertz CT molecular complexity index is 904. The average molecular weight is 460 g/mol. The maximum atomic E-state index is 11.8. The normalized spacial score (nSPS) is 10.7. The number of carbonyl (C=O) groups excluding carboxylic acids is 1. The van der Waals surface area contributed by atoms with E-state index in [1.54, 1.807) is 0 Å². The fourth-order valence-electron chi connectivity index (χ4n) is 2.91. The van der Waals surface area contributed by atoms with Crippen LogP contribution in [0.15, 0.2) is 54.7 Å². The molecular formula is C21H21IN2O2. The van der Waals surface area contributed by atoms with Crippen LogP contribution in [-0.4, -0.2) is 22.4 Å². The van der Waals surface area contributed by atoms with E-state index >= 15 is 0 Å². The highest BCUT2D eigenvalue weighted by Crippen LogP contribution is 2.27. The molecule has 3 aromatic rings. The fraction of sp³-hybridized carbons (Fsp3) is 0.238. The van der Waals surface area contributed by atoms with E-state index in [-0.39, 0.29) is 5.97 Å². The van der Waals surface area contributed by atoms with Gasteiger partial charge in [0.2, 0.25) is 0 Å². The van der Waals surface area contributed by atoms with E-state index in [9.17, 15) is 4.79 Å². The molecule has 0 fully saturated rings. The number of aromatic nitrogens is 2. The highest BCUT2D eigenvalue weighted by molar-refractivity contribution is 14.1. The topological polar surface area (TPSA) is 44.1 Å². The number of rotatable bonds is 6. The van der Waals surface area contributed by atoms with Gasteiger partial charge in [-0.1, -0.05) is 30.3 Å². The summed E-state index contributed by atoms with van der Waals surface area (Å²) in [5.74, 6) is -0.188. The lowest BCUT2D eigenvalue weighted by Gasteiger charge is -2.06. The Labute approximate surface area is 167 Å². The molecule has 134 valence electrons. The van der Waals surface area contributed by atoms with Crippen LogP contribution in [0.2, 0.25) is 0 Å². The van der Waals surface area contributed by atoms with Crippen molar-refractivity contribution in [1.82, 2.24) is 9.78 Å². The third-order valence-electron chi connectivity index (χ3n) is 4.15. The molecule has 5 heteroatoms. The Kier molecular flexibility index (Phi) is 6.08. The predicted octanol–water partition coefficient (Wildman–Crippen LogP) is 4.95. The molecule has 0 radical (unpaired) electrons. The zero-order valence-corrected chi connectivity index (χ0v) is 17.1. The Morgan fingerprint density at radius 2 is 1.96 bits per heavy atom. The van der Waals surface area contributed by atoms with Crippen LogP contribution in [-0.2, 0) is 16.0 Å². The molecular weight excluding hydrogens is 439 g/mol. The van der Waals surface area contributed by atoms with Gasteiger partial charge in [-0.05, 0) is 65.8 Å². The summed E-state index contributed by atoms with van der Waals surface area (Å²) in [5, 5.41) is 4.79. The molecule has 0 saturated carbocycles. The number of carbonyl (C=O) groups is 1. The molecule has 1 aromatic heterocycles. The summed E-state index contributed by atoms with van der Waals surface area (Å²) >= 11 is 2.31. The lowest BCUT2D eigenvalue weighted by molar-refractivity contribution is -0.143. The van der Waals surface area contributed by atoms with Crippen molar-refractivity contribution in [2.24, 2.45) is 0 Å². The van der Waals surface area contributed by atoms with Crippen LogP contribution in [0.3, 0.4) is 0 Å². The van der Waals surface area contributed by atoms with Crippen molar-refractivity contribution in [3.63, 3.8) is 0 Å². The second kappa shape index (κ2) is 8.49. The van der Waals surface area contributed by atoms with Crippen molar-refractivity contribution in [3.8, 4) is 16.8 Å². The van der Waals surface area contributed by atoms with E-state index in [0.29, 0.717) is 19.4 Å². The SMILES string of the molecule is CCOC(=O)CCc1nn(-c2ccc(I)cc2C)cc1-c1ccccc1. The molecule has 0 bridgehead atoms. The van der Waals surface area contributed by atoms with E-state index < -0.39 is 0 Å². The van der Waals surface area contributed by atoms with Gasteiger partial charge in [-0.15, -0.1) is 0 Å². The van der Waals surface area contributed by atoms with E-state index in [1.807, 2.05) is 36.0 Å². The van der Waals surface area contributed by atoms with Crippen LogP contribution in [0.4, 0.5) is 0 Å². The molecule has 2 aromatic carbocycles. The largest absolute Gasteiger partial charge is 0.466 e. The van der Waals surface area contributed by atoms with Gasteiger partial charge < -0.3 is 4.74 Å². The molecule has 0 spiro atoms. The van der Waals surface area contributed by atoms with Gasteiger partial charge in [0.1, 0.15) is 0 Å². The van der Waals surface area contributed by atoms with Crippen LogP contribution in [0.25, 0.3) is 16.8 Å². The molecule has 0 aliphatic carbocycles. The summed E-state index contributed by atoms with van der Waals surface area (Å²) in [7, 11) is 0. The van der Waals surface area contributed by atoms with Gasteiger partial charge in [0.15, 0.2) is 0 Å². The Morgan fingerprint density at radius 1 is 1.19 bits per heavy atom. The number of aryl methyl sites for hydroxylation is 2. The van der Waals surface area contributed by atoms with Gasteiger partial charge in [0.05, 0.1) is 24.4 Å². The predicted molar refractivity (Wildman–Crippen MR) is 111 cm³/mol. The number of nitrogens with zero attached hydrogens (tertiary/aromatic N) is 2. The lowest BCUT2D eigenvalue weighted by atomic mass is 10.0. The zero-order valence-electron chi connectivity index (χ0n) is 14.9. The smallest absolute Gasteiger partial charge is 0.306 e. The monoisotopic (exact) mass is 460 g/mol. The minimum absolute atomic E-state index is 0.188. The second-order valence-corrected chi connectivity index (χ2v) is 7.28. The first kappa shape index (κ1) is 18.6. The molecule has 0 saturated heterocycles. The first-order valence-corrected chi connectivity index (χ1v) is 9.72. The first-order valence-electron chi connectivity index (χ1n) is 8.64.